The lowest BCUT2D eigenvalue weighted by atomic mass is 10.2. The van der Waals surface area contributed by atoms with Crippen LogP contribution in [0.3, 0.4) is 0 Å². The average Bonchev–Trinajstić information content (AvgIpc) is 3.36. The van der Waals surface area contributed by atoms with Crippen molar-refractivity contribution in [2.75, 3.05) is 19.7 Å². The van der Waals surface area contributed by atoms with E-state index in [1.165, 1.54) is 12.8 Å². The highest BCUT2D eigenvalue weighted by molar-refractivity contribution is 7.09. The minimum atomic E-state index is -0.0549. The molecule has 2 aliphatic rings. The topological polar surface area (TPSA) is 65.5 Å². The Balaban J connectivity index is 1.64. The molecule has 1 aromatic rings. The monoisotopic (exact) mass is 309 g/mol. The minimum Gasteiger partial charge on any atom is -0.395 e. The Morgan fingerprint density at radius 1 is 1.52 bits per heavy atom. The van der Waals surface area contributed by atoms with Gasteiger partial charge in [-0.05, 0) is 44.4 Å². The summed E-state index contributed by atoms with van der Waals surface area (Å²) in [5.41, 5.74) is 1.01. The third-order valence-electron chi connectivity index (χ3n) is 4.11. The number of urea groups is 1. The molecule has 0 radical (unpaired) electrons. The van der Waals surface area contributed by atoms with Crippen LogP contribution < -0.4 is 5.32 Å². The van der Waals surface area contributed by atoms with E-state index in [9.17, 15) is 4.79 Å². The van der Waals surface area contributed by atoms with E-state index in [4.69, 9.17) is 5.11 Å². The number of aliphatic hydroxyl groups excluding tert-OH is 1. The molecule has 0 aromatic carbocycles. The van der Waals surface area contributed by atoms with Crippen molar-refractivity contribution in [3.05, 3.63) is 16.1 Å². The van der Waals surface area contributed by atoms with Gasteiger partial charge < -0.3 is 15.3 Å². The van der Waals surface area contributed by atoms with E-state index in [1.807, 2.05) is 12.3 Å². The third kappa shape index (κ3) is 3.95. The Labute approximate surface area is 129 Å². The van der Waals surface area contributed by atoms with Crippen molar-refractivity contribution in [3.63, 3.8) is 0 Å². The molecule has 2 fully saturated rings. The zero-order chi connectivity index (χ0) is 14.8. The molecule has 21 heavy (non-hydrogen) atoms. The molecule has 2 N–H and O–H groups in total. The van der Waals surface area contributed by atoms with Crippen LogP contribution in [-0.4, -0.2) is 40.7 Å². The third-order valence-corrected chi connectivity index (χ3v) is 5.15. The number of carbonyl (C=O) groups excluding carboxylic acids is 1. The van der Waals surface area contributed by atoms with E-state index in [0.29, 0.717) is 18.4 Å². The van der Waals surface area contributed by atoms with Gasteiger partial charge >= 0.3 is 6.03 Å². The quantitative estimate of drug-likeness (QED) is 0.812. The molecule has 116 valence electrons. The number of hydrogen-bond donors (Lipinski definition) is 2. The lowest BCUT2D eigenvalue weighted by molar-refractivity contribution is 0.170. The van der Waals surface area contributed by atoms with Gasteiger partial charge in [-0.25, -0.2) is 9.78 Å². The van der Waals surface area contributed by atoms with Gasteiger partial charge in [0.2, 0.25) is 0 Å². The van der Waals surface area contributed by atoms with Crippen LogP contribution in [0.5, 0.6) is 0 Å². The molecule has 1 atom stereocenters. The zero-order valence-corrected chi connectivity index (χ0v) is 13.2. The summed E-state index contributed by atoms with van der Waals surface area (Å²) < 4.78 is 0. The molecule has 0 bridgehead atoms. The largest absolute Gasteiger partial charge is 0.395 e. The predicted molar refractivity (Wildman–Crippen MR) is 82.2 cm³/mol. The number of thiazole rings is 1. The predicted octanol–water partition coefficient (Wildman–Crippen LogP) is 2.32. The lowest BCUT2D eigenvalue weighted by Gasteiger charge is -2.25. The van der Waals surface area contributed by atoms with Gasteiger partial charge in [-0.15, -0.1) is 11.3 Å². The van der Waals surface area contributed by atoms with E-state index in [2.05, 4.69) is 10.3 Å². The molecule has 2 saturated carbocycles. The number of amides is 2. The standard InChI is InChI=1S/C15H23N3O2S/c1-10-9-21-14(16-10)13(12-4-5-12)17-15(20)18(6-7-19)8-11-2-3-11/h9,11-13,19H,2-8H2,1H3,(H,17,20). The normalized spacial score (nSPS) is 19.3. The van der Waals surface area contributed by atoms with Crippen LogP contribution in [0.15, 0.2) is 5.38 Å². The Morgan fingerprint density at radius 2 is 2.29 bits per heavy atom. The molecule has 0 aliphatic heterocycles. The van der Waals surface area contributed by atoms with Gasteiger partial charge in [-0.3, -0.25) is 0 Å². The fourth-order valence-electron chi connectivity index (χ4n) is 2.56. The molecule has 5 nitrogen and oxygen atoms in total. The number of aliphatic hydroxyl groups is 1. The molecule has 1 unspecified atom stereocenters. The first-order chi connectivity index (χ1) is 10.2. The summed E-state index contributed by atoms with van der Waals surface area (Å²) in [6.07, 6.45) is 4.72. The molecule has 3 rings (SSSR count). The van der Waals surface area contributed by atoms with E-state index in [1.54, 1.807) is 16.2 Å². The molecular weight excluding hydrogens is 286 g/mol. The summed E-state index contributed by atoms with van der Waals surface area (Å²) >= 11 is 1.63. The SMILES string of the molecule is Cc1csc(C(NC(=O)N(CCO)CC2CC2)C2CC2)n1. The molecule has 6 heteroatoms. The smallest absolute Gasteiger partial charge is 0.318 e. The molecule has 0 spiro atoms. The Kier molecular flexibility index (Phi) is 4.45. The van der Waals surface area contributed by atoms with Crippen molar-refractivity contribution >= 4 is 17.4 Å². The molecule has 0 saturated heterocycles. The van der Waals surface area contributed by atoms with Crippen molar-refractivity contribution < 1.29 is 9.90 Å². The van der Waals surface area contributed by atoms with Crippen LogP contribution >= 0.6 is 11.3 Å². The van der Waals surface area contributed by atoms with Crippen molar-refractivity contribution in [1.29, 1.82) is 0 Å². The first-order valence-corrected chi connectivity index (χ1v) is 8.63. The van der Waals surface area contributed by atoms with Crippen molar-refractivity contribution in [1.82, 2.24) is 15.2 Å². The summed E-state index contributed by atoms with van der Waals surface area (Å²) in [4.78, 5) is 18.8. The van der Waals surface area contributed by atoms with Gasteiger partial charge in [-0.1, -0.05) is 0 Å². The second kappa shape index (κ2) is 6.32. The first kappa shape index (κ1) is 14.8. The number of carbonyl (C=O) groups is 1. The summed E-state index contributed by atoms with van der Waals surface area (Å²) in [5, 5.41) is 15.4. The molecular formula is C15H23N3O2S. The zero-order valence-electron chi connectivity index (χ0n) is 12.4. The van der Waals surface area contributed by atoms with E-state index in [-0.39, 0.29) is 18.7 Å². The number of hydrogen-bond acceptors (Lipinski definition) is 4. The number of nitrogens with zero attached hydrogens (tertiary/aromatic N) is 2. The minimum absolute atomic E-state index is 0.0184. The van der Waals surface area contributed by atoms with Gasteiger partial charge in [0.05, 0.1) is 12.6 Å². The van der Waals surface area contributed by atoms with E-state index >= 15 is 0 Å². The number of nitrogens with one attached hydrogen (secondary N) is 1. The summed E-state index contributed by atoms with van der Waals surface area (Å²) in [5.74, 6) is 1.15. The van der Waals surface area contributed by atoms with Crippen molar-refractivity contribution in [2.45, 2.75) is 38.6 Å². The molecule has 1 aromatic heterocycles. The fourth-order valence-corrected chi connectivity index (χ4v) is 3.50. The summed E-state index contributed by atoms with van der Waals surface area (Å²) in [6.45, 7) is 3.18. The molecule has 2 amide bonds. The number of rotatable bonds is 7. The van der Waals surface area contributed by atoms with Gasteiger partial charge in [-0.2, -0.15) is 0 Å². The van der Waals surface area contributed by atoms with Crippen molar-refractivity contribution in [3.8, 4) is 0 Å². The molecule has 2 aliphatic carbocycles. The fraction of sp³-hybridized carbons (Fsp3) is 0.733. The van der Waals surface area contributed by atoms with E-state index in [0.717, 1.165) is 30.1 Å². The highest BCUT2D eigenvalue weighted by atomic mass is 32.1. The van der Waals surface area contributed by atoms with Gasteiger partial charge in [0.15, 0.2) is 0 Å². The second-order valence-electron chi connectivity index (χ2n) is 6.20. The maximum atomic E-state index is 12.5. The summed E-state index contributed by atoms with van der Waals surface area (Å²) in [7, 11) is 0. The highest BCUT2D eigenvalue weighted by Crippen LogP contribution is 2.42. The second-order valence-corrected chi connectivity index (χ2v) is 7.09. The van der Waals surface area contributed by atoms with E-state index < -0.39 is 0 Å². The van der Waals surface area contributed by atoms with Crippen LogP contribution in [0, 0.1) is 18.8 Å². The van der Waals surface area contributed by atoms with Crippen LogP contribution in [0.2, 0.25) is 0 Å². The lowest BCUT2D eigenvalue weighted by Crippen LogP contribution is -2.44. The van der Waals surface area contributed by atoms with Gasteiger partial charge in [0, 0.05) is 24.2 Å². The average molecular weight is 309 g/mol. The molecule has 1 heterocycles. The Bertz CT molecular complexity index is 497. The van der Waals surface area contributed by atoms with Crippen molar-refractivity contribution in [2.24, 2.45) is 11.8 Å². The summed E-state index contributed by atoms with van der Waals surface area (Å²) in [6, 6.07) is -0.0164. The number of aromatic nitrogens is 1. The maximum absolute atomic E-state index is 12.5. The number of aryl methyl sites for hydroxylation is 1. The van der Waals surface area contributed by atoms with Crippen LogP contribution in [-0.2, 0) is 0 Å². The Hall–Kier alpha value is -1.14. The van der Waals surface area contributed by atoms with Crippen LogP contribution in [0.4, 0.5) is 4.79 Å². The maximum Gasteiger partial charge on any atom is 0.318 e. The van der Waals surface area contributed by atoms with Crippen LogP contribution in [0.25, 0.3) is 0 Å². The van der Waals surface area contributed by atoms with Gasteiger partial charge in [0.1, 0.15) is 5.01 Å². The van der Waals surface area contributed by atoms with Gasteiger partial charge in [0.25, 0.3) is 0 Å². The Morgan fingerprint density at radius 3 is 2.81 bits per heavy atom. The van der Waals surface area contributed by atoms with Crippen LogP contribution in [0.1, 0.15) is 42.4 Å². The first-order valence-electron chi connectivity index (χ1n) is 7.75. The highest BCUT2D eigenvalue weighted by Gasteiger charge is 2.36.